The molecule has 2 aromatic rings. The average Bonchev–Trinajstić information content (AvgIpc) is 3.26. The van der Waals surface area contributed by atoms with Gasteiger partial charge in [0.05, 0.1) is 28.8 Å². The SMILES string of the molecule is C/C(=N\NC(=O)CCCC(=O)N/N=C(\C)c1ccc(Br)s1)c1ccc(Br)s1. The van der Waals surface area contributed by atoms with Crippen LogP contribution in [0.5, 0.6) is 0 Å². The summed E-state index contributed by atoms with van der Waals surface area (Å²) in [6.45, 7) is 3.66. The predicted molar refractivity (Wildman–Crippen MR) is 119 cm³/mol. The number of rotatable bonds is 8. The van der Waals surface area contributed by atoms with Crippen molar-refractivity contribution >= 4 is 77.8 Å². The molecule has 0 fully saturated rings. The Morgan fingerprint density at radius 1 is 0.852 bits per heavy atom. The molecule has 0 bridgehead atoms. The molecule has 2 heterocycles. The molecule has 144 valence electrons. The number of hydrogen-bond acceptors (Lipinski definition) is 6. The van der Waals surface area contributed by atoms with Crippen LogP contribution in [-0.2, 0) is 9.59 Å². The van der Waals surface area contributed by atoms with E-state index >= 15 is 0 Å². The molecule has 10 heteroatoms. The number of halogens is 2. The van der Waals surface area contributed by atoms with Crippen molar-refractivity contribution in [2.75, 3.05) is 0 Å². The van der Waals surface area contributed by atoms with Gasteiger partial charge >= 0.3 is 0 Å². The number of amides is 2. The third kappa shape index (κ3) is 7.65. The molecule has 27 heavy (non-hydrogen) atoms. The van der Waals surface area contributed by atoms with Crippen molar-refractivity contribution in [3.8, 4) is 0 Å². The molecule has 0 aromatic carbocycles. The Bertz CT molecular complexity index is 804. The van der Waals surface area contributed by atoms with Gasteiger partial charge in [-0.05, 0) is 76.4 Å². The maximum atomic E-state index is 11.8. The molecule has 6 nitrogen and oxygen atoms in total. The zero-order chi connectivity index (χ0) is 19.8. The van der Waals surface area contributed by atoms with Gasteiger partial charge in [-0.2, -0.15) is 10.2 Å². The van der Waals surface area contributed by atoms with Crippen LogP contribution in [0.15, 0.2) is 42.0 Å². The second-order valence-electron chi connectivity index (χ2n) is 5.53. The average molecular weight is 534 g/mol. The van der Waals surface area contributed by atoms with Crippen LogP contribution in [0.2, 0.25) is 0 Å². The lowest BCUT2D eigenvalue weighted by Gasteiger charge is -2.02. The van der Waals surface area contributed by atoms with E-state index in [1.54, 1.807) is 22.7 Å². The summed E-state index contributed by atoms with van der Waals surface area (Å²) < 4.78 is 2.02. The zero-order valence-corrected chi connectivity index (χ0v) is 19.5. The van der Waals surface area contributed by atoms with Gasteiger partial charge in [-0.15, -0.1) is 22.7 Å². The molecule has 2 N–H and O–H groups in total. The van der Waals surface area contributed by atoms with Crippen LogP contribution in [0.4, 0.5) is 0 Å². The number of hydrogen-bond donors (Lipinski definition) is 2. The van der Waals surface area contributed by atoms with Gasteiger partial charge in [0.15, 0.2) is 0 Å². The van der Waals surface area contributed by atoms with E-state index in [4.69, 9.17) is 0 Å². The van der Waals surface area contributed by atoms with Gasteiger partial charge in [0.1, 0.15) is 0 Å². The Morgan fingerprint density at radius 2 is 1.26 bits per heavy atom. The van der Waals surface area contributed by atoms with Crippen LogP contribution < -0.4 is 10.9 Å². The van der Waals surface area contributed by atoms with Gasteiger partial charge in [0, 0.05) is 12.8 Å². The molecule has 0 radical (unpaired) electrons. The number of nitrogens with zero attached hydrogens (tertiary/aromatic N) is 2. The van der Waals surface area contributed by atoms with E-state index in [9.17, 15) is 9.59 Å². The zero-order valence-electron chi connectivity index (χ0n) is 14.7. The quantitative estimate of drug-likeness (QED) is 0.374. The fourth-order valence-corrected chi connectivity index (χ4v) is 4.60. The summed E-state index contributed by atoms with van der Waals surface area (Å²) in [5.74, 6) is -0.443. The second-order valence-corrected chi connectivity index (χ2v) is 10.5. The standard InChI is InChI=1S/C17H18Br2N4O2S2/c1-10(12-6-8-14(18)26-12)20-22-16(24)4-3-5-17(25)23-21-11(2)13-7-9-15(19)27-13/h6-9H,3-5H2,1-2H3,(H,22,24)(H,23,25)/b20-10+,21-11+. The van der Waals surface area contributed by atoms with Gasteiger partial charge in [0.25, 0.3) is 0 Å². The summed E-state index contributed by atoms with van der Waals surface area (Å²) in [4.78, 5) is 25.6. The largest absolute Gasteiger partial charge is 0.273 e. The Hall–Kier alpha value is -1.36. The van der Waals surface area contributed by atoms with Crippen LogP contribution in [0.1, 0.15) is 42.9 Å². The van der Waals surface area contributed by atoms with Crippen molar-refractivity contribution in [3.05, 3.63) is 41.6 Å². The monoisotopic (exact) mass is 532 g/mol. The van der Waals surface area contributed by atoms with Crippen LogP contribution in [0, 0.1) is 0 Å². The highest BCUT2D eigenvalue weighted by Crippen LogP contribution is 2.23. The highest BCUT2D eigenvalue weighted by atomic mass is 79.9. The van der Waals surface area contributed by atoms with Crippen LogP contribution in [0.25, 0.3) is 0 Å². The molecule has 0 aliphatic heterocycles. The molecule has 2 amide bonds. The van der Waals surface area contributed by atoms with E-state index in [1.165, 1.54) is 0 Å². The third-order valence-corrected chi connectivity index (χ3v) is 6.83. The van der Waals surface area contributed by atoms with Gasteiger partial charge in [-0.3, -0.25) is 9.59 Å². The van der Waals surface area contributed by atoms with E-state index in [-0.39, 0.29) is 24.7 Å². The highest BCUT2D eigenvalue weighted by molar-refractivity contribution is 9.11. The summed E-state index contributed by atoms with van der Waals surface area (Å²) in [5, 5.41) is 8.16. The van der Waals surface area contributed by atoms with E-state index < -0.39 is 0 Å². The first kappa shape index (κ1) is 21.9. The molecule has 2 aromatic heterocycles. The van der Waals surface area contributed by atoms with Crippen molar-refractivity contribution in [2.24, 2.45) is 10.2 Å². The van der Waals surface area contributed by atoms with E-state index in [1.807, 2.05) is 38.1 Å². The van der Waals surface area contributed by atoms with Gasteiger partial charge in [-0.25, -0.2) is 10.9 Å². The maximum Gasteiger partial charge on any atom is 0.240 e. The summed E-state index contributed by atoms with van der Waals surface area (Å²) in [5.41, 5.74) is 6.51. The minimum atomic E-state index is -0.221. The van der Waals surface area contributed by atoms with E-state index in [0.717, 1.165) is 28.8 Å². The van der Waals surface area contributed by atoms with Crippen molar-refractivity contribution < 1.29 is 9.59 Å². The molecule has 0 atom stereocenters. The Kier molecular flexibility index (Phi) is 8.81. The maximum absolute atomic E-state index is 11.8. The van der Waals surface area contributed by atoms with E-state index in [0.29, 0.717) is 6.42 Å². The van der Waals surface area contributed by atoms with Gasteiger partial charge < -0.3 is 0 Å². The number of carbonyl (C=O) groups is 2. The molecule has 0 spiro atoms. The van der Waals surface area contributed by atoms with Crippen molar-refractivity contribution in [2.45, 2.75) is 33.1 Å². The first-order chi connectivity index (χ1) is 12.8. The van der Waals surface area contributed by atoms with Crippen LogP contribution >= 0.6 is 54.5 Å². The molecular formula is C17H18Br2N4O2S2. The summed E-state index contributed by atoms with van der Waals surface area (Å²) in [7, 11) is 0. The third-order valence-electron chi connectivity index (χ3n) is 3.36. The topological polar surface area (TPSA) is 82.9 Å². The van der Waals surface area contributed by atoms with Crippen molar-refractivity contribution in [1.82, 2.24) is 10.9 Å². The van der Waals surface area contributed by atoms with Crippen LogP contribution in [0.3, 0.4) is 0 Å². The number of nitrogens with one attached hydrogen (secondary N) is 2. The van der Waals surface area contributed by atoms with Crippen LogP contribution in [-0.4, -0.2) is 23.2 Å². The van der Waals surface area contributed by atoms with Crippen molar-refractivity contribution in [1.29, 1.82) is 0 Å². The minimum Gasteiger partial charge on any atom is -0.273 e. The molecule has 0 aliphatic rings. The highest BCUT2D eigenvalue weighted by Gasteiger charge is 2.07. The summed E-state index contributed by atoms with van der Waals surface area (Å²) >= 11 is 9.87. The van der Waals surface area contributed by atoms with Gasteiger partial charge in [0.2, 0.25) is 11.8 Å². The number of hydrazone groups is 2. The molecular weight excluding hydrogens is 516 g/mol. The molecule has 2 rings (SSSR count). The van der Waals surface area contributed by atoms with Crippen molar-refractivity contribution in [3.63, 3.8) is 0 Å². The predicted octanol–water partition coefficient (Wildman–Crippen LogP) is 4.89. The Labute approximate surface area is 182 Å². The van der Waals surface area contributed by atoms with Gasteiger partial charge in [-0.1, -0.05) is 0 Å². The van der Waals surface area contributed by atoms with E-state index in [2.05, 4.69) is 52.9 Å². The molecule has 0 saturated heterocycles. The Balaban J connectivity index is 1.69. The minimum absolute atomic E-state index is 0.221. The first-order valence-corrected chi connectivity index (χ1v) is 11.2. The lowest BCUT2D eigenvalue weighted by molar-refractivity contribution is -0.122. The molecule has 0 aliphatic carbocycles. The summed E-state index contributed by atoms with van der Waals surface area (Å²) in [6, 6.07) is 7.73. The fraction of sp³-hybridized carbons (Fsp3) is 0.294. The number of thiophene rings is 2. The lowest BCUT2D eigenvalue weighted by atomic mass is 10.2. The Morgan fingerprint density at radius 3 is 1.59 bits per heavy atom. The first-order valence-electron chi connectivity index (χ1n) is 8.03. The molecule has 0 saturated carbocycles. The second kappa shape index (κ2) is 10.8. The smallest absolute Gasteiger partial charge is 0.240 e. The normalized spacial score (nSPS) is 12.1. The summed E-state index contributed by atoms with van der Waals surface area (Å²) in [6.07, 6.45) is 0.869. The lowest BCUT2D eigenvalue weighted by Crippen LogP contribution is -2.21. The molecule has 0 unspecified atom stereocenters. The number of carbonyl (C=O) groups excluding carboxylic acids is 2. The fourth-order valence-electron chi connectivity index (χ4n) is 1.94.